The molecule has 2 aliphatic rings. The molecule has 3 unspecified atom stereocenters. The number of benzene rings is 2. The third-order valence-electron chi connectivity index (χ3n) is 4.62. The molecule has 1 nitrogen and oxygen atoms in total. The molecule has 4 rings (SSSR count). The lowest BCUT2D eigenvalue weighted by Gasteiger charge is -2.14. The molecule has 0 aromatic heterocycles. The second kappa shape index (κ2) is 6.00. The molecule has 0 amide bonds. The van der Waals surface area contributed by atoms with Crippen LogP contribution in [0.3, 0.4) is 0 Å². The number of halogens is 2. The minimum Gasteiger partial charge on any atom is -0.307 e. The van der Waals surface area contributed by atoms with Crippen molar-refractivity contribution in [3.63, 3.8) is 0 Å². The van der Waals surface area contributed by atoms with Crippen molar-refractivity contribution in [3.8, 4) is 0 Å². The predicted octanol–water partition coefficient (Wildman–Crippen LogP) is 4.89. The minimum absolute atomic E-state index is 0. The molecule has 1 saturated carbocycles. The van der Waals surface area contributed by atoms with Crippen molar-refractivity contribution in [2.75, 3.05) is 0 Å². The van der Waals surface area contributed by atoms with Crippen LogP contribution in [0.15, 0.2) is 48.5 Å². The van der Waals surface area contributed by atoms with Gasteiger partial charge in [-0.15, -0.1) is 12.4 Å². The normalized spacial score (nSPS) is 26.0. The Morgan fingerprint density at radius 3 is 2.67 bits per heavy atom. The van der Waals surface area contributed by atoms with Crippen LogP contribution >= 0.6 is 24.0 Å². The Morgan fingerprint density at radius 2 is 1.86 bits per heavy atom. The molecule has 2 aromatic carbocycles. The van der Waals surface area contributed by atoms with Gasteiger partial charge in [-0.1, -0.05) is 48.0 Å². The van der Waals surface area contributed by atoms with Crippen LogP contribution in [0, 0.1) is 0 Å². The monoisotopic (exact) mass is 319 g/mol. The quantitative estimate of drug-likeness (QED) is 0.848. The molecule has 3 heteroatoms. The highest BCUT2D eigenvalue weighted by Gasteiger charge is 2.40. The maximum Gasteiger partial charge on any atom is 0.0409 e. The fourth-order valence-corrected chi connectivity index (χ4v) is 3.63. The van der Waals surface area contributed by atoms with Crippen LogP contribution in [-0.2, 0) is 6.42 Å². The second-order valence-electron chi connectivity index (χ2n) is 5.96. The first-order chi connectivity index (χ1) is 9.81. The first-order valence-corrected chi connectivity index (χ1v) is 7.78. The topological polar surface area (TPSA) is 12.0 Å². The fourth-order valence-electron chi connectivity index (χ4n) is 3.45. The summed E-state index contributed by atoms with van der Waals surface area (Å²) in [5.41, 5.74) is 4.34. The van der Waals surface area contributed by atoms with E-state index < -0.39 is 0 Å². The molecule has 0 bridgehead atoms. The van der Waals surface area contributed by atoms with Crippen LogP contribution in [0.5, 0.6) is 0 Å². The summed E-state index contributed by atoms with van der Waals surface area (Å²) in [6.45, 7) is 0. The van der Waals surface area contributed by atoms with Gasteiger partial charge in [0.1, 0.15) is 0 Å². The molecular formula is C18H19Cl2N. The van der Waals surface area contributed by atoms with E-state index in [1.54, 1.807) is 0 Å². The van der Waals surface area contributed by atoms with E-state index >= 15 is 0 Å². The van der Waals surface area contributed by atoms with Gasteiger partial charge in [0.15, 0.2) is 0 Å². The van der Waals surface area contributed by atoms with Gasteiger partial charge in [-0.2, -0.15) is 0 Å². The minimum atomic E-state index is 0. The second-order valence-corrected chi connectivity index (χ2v) is 6.40. The van der Waals surface area contributed by atoms with Crippen molar-refractivity contribution in [2.24, 2.45) is 0 Å². The molecule has 110 valence electrons. The summed E-state index contributed by atoms with van der Waals surface area (Å²) < 4.78 is 0. The van der Waals surface area contributed by atoms with Gasteiger partial charge >= 0.3 is 0 Å². The molecule has 1 N–H and O–H groups in total. The van der Waals surface area contributed by atoms with Crippen molar-refractivity contribution < 1.29 is 0 Å². The van der Waals surface area contributed by atoms with Crippen molar-refractivity contribution in [1.29, 1.82) is 0 Å². The summed E-state index contributed by atoms with van der Waals surface area (Å²) in [6, 6.07) is 18.3. The third kappa shape index (κ3) is 2.96. The molecule has 2 aromatic rings. The predicted molar refractivity (Wildman–Crippen MR) is 90.5 cm³/mol. The standard InChI is InChI=1S/C18H18ClN.ClH/c19-14-8-6-13-7-9-17(15(13)10-14)20-18-11-16(18)12-4-2-1-3-5-12;/h1-6,8,10,16-18,20H,7,9,11H2;1H. The van der Waals surface area contributed by atoms with E-state index in [9.17, 15) is 0 Å². The number of hydrogen-bond donors (Lipinski definition) is 1. The van der Waals surface area contributed by atoms with E-state index in [0.717, 1.165) is 5.02 Å². The molecule has 0 aliphatic heterocycles. The number of hydrogen-bond acceptors (Lipinski definition) is 1. The summed E-state index contributed by atoms with van der Waals surface area (Å²) in [6.07, 6.45) is 3.64. The highest BCUT2D eigenvalue weighted by molar-refractivity contribution is 6.30. The lowest BCUT2D eigenvalue weighted by molar-refractivity contribution is 0.521. The smallest absolute Gasteiger partial charge is 0.0409 e. The molecule has 2 aliphatic carbocycles. The molecule has 0 heterocycles. The number of aryl methyl sites for hydroxylation is 1. The molecule has 0 saturated heterocycles. The van der Waals surface area contributed by atoms with E-state index in [2.05, 4.69) is 47.8 Å². The van der Waals surface area contributed by atoms with Gasteiger partial charge in [0.25, 0.3) is 0 Å². The van der Waals surface area contributed by atoms with Gasteiger partial charge in [0.05, 0.1) is 0 Å². The van der Waals surface area contributed by atoms with E-state index in [0.29, 0.717) is 18.0 Å². The maximum atomic E-state index is 6.14. The van der Waals surface area contributed by atoms with Gasteiger partial charge < -0.3 is 5.32 Å². The summed E-state index contributed by atoms with van der Waals surface area (Å²) in [4.78, 5) is 0. The van der Waals surface area contributed by atoms with Gasteiger partial charge in [0, 0.05) is 23.0 Å². The Hall–Kier alpha value is -1.02. The summed E-state index contributed by atoms with van der Waals surface area (Å²) in [5.74, 6) is 0.694. The Labute approximate surface area is 137 Å². The van der Waals surface area contributed by atoms with Crippen molar-refractivity contribution in [1.82, 2.24) is 5.32 Å². The van der Waals surface area contributed by atoms with E-state index in [-0.39, 0.29) is 12.4 Å². The van der Waals surface area contributed by atoms with Gasteiger partial charge in [-0.25, -0.2) is 0 Å². The summed E-state index contributed by atoms with van der Waals surface area (Å²) in [7, 11) is 0. The fraction of sp³-hybridized carbons (Fsp3) is 0.333. The summed E-state index contributed by atoms with van der Waals surface area (Å²) in [5, 5.41) is 4.68. The number of nitrogens with one attached hydrogen (secondary N) is 1. The van der Waals surface area contributed by atoms with Crippen LogP contribution in [0.4, 0.5) is 0 Å². The Balaban J connectivity index is 0.00000132. The van der Waals surface area contributed by atoms with Gasteiger partial charge in [-0.05, 0) is 48.1 Å². The Bertz CT molecular complexity index is 626. The van der Waals surface area contributed by atoms with Crippen molar-refractivity contribution >= 4 is 24.0 Å². The first kappa shape index (κ1) is 14.9. The van der Waals surface area contributed by atoms with E-state index in [1.807, 2.05) is 6.07 Å². The average molecular weight is 320 g/mol. The largest absolute Gasteiger partial charge is 0.307 e. The van der Waals surface area contributed by atoms with Crippen LogP contribution in [-0.4, -0.2) is 6.04 Å². The lowest BCUT2D eigenvalue weighted by atomic mass is 10.1. The van der Waals surface area contributed by atoms with E-state index in [4.69, 9.17) is 11.6 Å². The highest BCUT2D eigenvalue weighted by Crippen LogP contribution is 2.44. The highest BCUT2D eigenvalue weighted by atomic mass is 35.5. The zero-order valence-corrected chi connectivity index (χ0v) is 13.3. The number of fused-ring (bicyclic) bond motifs is 1. The van der Waals surface area contributed by atoms with Crippen molar-refractivity contribution in [2.45, 2.75) is 37.3 Å². The van der Waals surface area contributed by atoms with Crippen LogP contribution in [0.1, 0.15) is 41.5 Å². The molecule has 21 heavy (non-hydrogen) atoms. The average Bonchev–Trinajstić information content (AvgIpc) is 3.14. The molecule has 3 atom stereocenters. The first-order valence-electron chi connectivity index (χ1n) is 7.40. The molecule has 0 spiro atoms. The Kier molecular flexibility index (Phi) is 4.26. The molecule has 1 fully saturated rings. The van der Waals surface area contributed by atoms with Crippen LogP contribution in [0.25, 0.3) is 0 Å². The molecular weight excluding hydrogens is 301 g/mol. The van der Waals surface area contributed by atoms with Crippen LogP contribution < -0.4 is 5.32 Å². The van der Waals surface area contributed by atoms with Crippen molar-refractivity contribution in [3.05, 3.63) is 70.2 Å². The van der Waals surface area contributed by atoms with Gasteiger partial charge in [-0.3, -0.25) is 0 Å². The zero-order valence-electron chi connectivity index (χ0n) is 11.8. The number of rotatable bonds is 3. The van der Waals surface area contributed by atoms with E-state index in [1.165, 1.54) is 36.0 Å². The van der Waals surface area contributed by atoms with Gasteiger partial charge in [0.2, 0.25) is 0 Å². The SMILES string of the molecule is Cl.Clc1ccc2c(c1)C(NC1CC1c1ccccc1)CC2. The molecule has 0 radical (unpaired) electrons. The Morgan fingerprint density at radius 1 is 1.05 bits per heavy atom. The summed E-state index contributed by atoms with van der Waals surface area (Å²) >= 11 is 6.14. The third-order valence-corrected chi connectivity index (χ3v) is 4.85. The van der Waals surface area contributed by atoms with Crippen LogP contribution in [0.2, 0.25) is 5.02 Å². The lowest BCUT2D eigenvalue weighted by Crippen LogP contribution is -2.22. The zero-order chi connectivity index (χ0) is 13.5. The maximum absolute atomic E-state index is 6.14.